The molecular weight excluding hydrogens is 242 g/mol. The maximum Gasteiger partial charge on any atom is 0.0107 e. The Kier molecular flexibility index (Phi) is 6.09. The summed E-state index contributed by atoms with van der Waals surface area (Å²) in [5, 5.41) is 3.56. The van der Waals surface area contributed by atoms with E-state index in [0.29, 0.717) is 6.04 Å². The molecule has 1 aromatic carbocycles. The molecule has 20 heavy (non-hydrogen) atoms. The summed E-state index contributed by atoms with van der Waals surface area (Å²) in [7, 11) is 2.13. The van der Waals surface area contributed by atoms with Crippen LogP contribution in [0, 0.1) is 19.8 Å². The van der Waals surface area contributed by atoms with Gasteiger partial charge in [-0.3, -0.25) is 0 Å². The SMILES string of the molecule is CNC(Cc1cc(C)cc(C)c1)CC1CCCCCC1. The lowest BCUT2D eigenvalue weighted by molar-refractivity contribution is 0.361. The molecule has 1 atom stereocenters. The molecule has 0 bridgehead atoms. The molecule has 1 saturated carbocycles. The summed E-state index contributed by atoms with van der Waals surface area (Å²) in [5.41, 5.74) is 4.28. The van der Waals surface area contributed by atoms with Gasteiger partial charge in [-0.25, -0.2) is 0 Å². The Morgan fingerprint density at radius 2 is 1.60 bits per heavy atom. The van der Waals surface area contributed by atoms with Gasteiger partial charge in [0.25, 0.3) is 0 Å². The number of hydrogen-bond acceptors (Lipinski definition) is 1. The second-order valence-corrected chi connectivity index (χ2v) is 6.78. The molecule has 1 nitrogen and oxygen atoms in total. The third kappa shape index (κ3) is 4.94. The molecule has 1 aliphatic rings. The van der Waals surface area contributed by atoms with Crippen LogP contribution in [-0.2, 0) is 6.42 Å². The van der Waals surface area contributed by atoms with Gasteiger partial charge in [-0.05, 0) is 45.2 Å². The van der Waals surface area contributed by atoms with E-state index in [1.165, 1.54) is 68.1 Å². The van der Waals surface area contributed by atoms with Crippen LogP contribution in [0.4, 0.5) is 0 Å². The summed E-state index contributed by atoms with van der Waals surface area (Å²) in [5.74, 6) is 0.945. The van der Waals surface area contributed by atoms with Crippen molar-refractivity contribution >= 4 is 0 Å². The van der Waals surface area contributed by atoms with E-state index in [0.717, 1.165) is 5.92 Å². The number of aryl methyl sites for hydroxylation is 2. The summed E-state index contributed by atoms with van der Waals surface area (Å²) in [4.78, 5) is 0. The number of nitrogens with one attached hydrogen (secondary N) is 1. The molecule has 0 aliphatic heterocycles. The third-order valence-corrected chi connectivity index (χ3v) is 4.76. The van der Waals surface area contributed by atoms with E-state index in [-0.39, 0.29) is 0 Å². The third-order valence-electron chi connectivity index (χ3n) is 4.76. The summed E-state index contributed by atoms with van der Waals surface area (Å²) in [6, 6.07) is 7.61. The molecule has 0 saturated heterocycles. The Hall–Kier alpha value is -0.820. The van der Waals surface area contributed by atoms with E-state index in [4.69, 9.17) is 0 Å². The minimum absolute atomic E-state index is 0.638. The van der Waals surface area contributed by atoms with Gasteiger partial charge in [-0.1, -0.05) is 67.9 Å². The lowest BCUT2D eigenvalue weighted by Gasteiger charge is -2.22. The number of benzene rings is 1. The van der Waals surface area contributed by atoms with Gasteiger partial charge in [-0.15, -0.1) is 0 Å². The van der Waals surface area contributed by atoms with Crippen LogP contribution >= 0.6 is 0 Å². The molecule has 0 aromatic heterocycles. The van der Waals surface area contributed by atoms with E-state index in [9.17, 15) is 0 Å². The van der Waals surface area contributed by atoms with Crippen LogP contribution in [0.3, 0.4) is 0 Å². The Bertz CT molecular complexity index is 382. The first-order chi connectivity index (χ1) is 9.67. The molecule has 1 aliphatic carbocycles. The number of rotatable bonds is 5. The molecule has 0 amide bonds. The highest BCUT2D eigenvalue weighted by Gasteiger charge is 2.17. The van der Waals surface area contributed by atoms with Crippen molar-refractivity contribution < 1.29 is 0 Å². The first-order valence-corrected chi connectivity index (χ1v) is 8.42. The smallest absolute Gasteiger partial charge is 0.0107 e. The minimum atomic E-state index is 0.638. The monoisotopic (exact) mass is 273 g/mol. The average Bonchev–Trinajstić information content (AvgIpc) is 2.65. The highest BCUT2D eigenvalue weighted by atomic mass is 14.9. The molecule has 1 unspecified atom stereocenters. The van der Waals surface area contributed by atoms with Gasteiger partial charge in [0.15, 0.2) is 0 Å². The van der Waals surface area contributed by atoms with Crippen LogP contribution in [0.5, 0.6) is 0 Å². The van der Waals surface area contributed by atoms with Gasteiger partial charge in [0.1, 0.15) is 0 Å². The maximum atomic E-state index is 3.56. The van der Waals surface area contributed by atoms with Gasteiger partial charge < -0.3 is 5.32 Å². The van der Waals surface area contributed by atoms with Gasteiger partial charge in [-0.2, -0.15) is 0 Å². The Morgan fingerprint density at radius 1 is 1.00 bits per heavy atom. The average molecular weight is 273 g/mol. The summed E-state index contributed by atoms with van der Waals surface area (Å²) in [6.07, 6.45) is 11.2. The van der Waals surface area contributed by atoms with Crippen molar-refractivity contribution in [1.29, 1.82) is 0 Å². The highest BCUT2D eigenvalue weighted by Crippen LogP contribution is 2.27. The first kappa shape index (κ1) is 15.6. The van der Waals surface area contributed by atoms with Gasteiger partial charge in [0, 0.05) is 6.04 Å². The Balaban J connectivity index is 1.93. The van der Waals surface area contributed by atoms with Crippen LogP contribution in [0.2, 0.25) is 0 Å². The van der Waals surface area contributed by atoms with Gasteiger partial charge in [0.05, 0.1) is 0 Å². The Morgan fingerprint density at radius 3 is 2.15 bits per heavy atom. The van der Waals surface area contributed by atoms with E-state index >= 15 is 0 Å². The molecule has 1 fully saturated rings. The van der Waals surface area contributed by atoms with E-state index in [1.54, 1.807) is 0 Å². The highest BCUT2D eigenvalue weighted by molar-refractivity contribution is 5.29. The molecule has 0 radical (unpaired) electrons. The normalized spacial score (nSPS) is 18.8. The van der Waals surface area contributed by atoms with Crippen LogP contribution in [0.15, 0.2) is 18.2 Å². The van der Waals surface area contributed by atoms with Crippen molar-refractivity contribution in [3.05, 3.63) is 34.9 Å². The predicted octanol–water partition coefficient (Wildman–Crippen LogP) is 4.79. The summed E-state index contributed by atoms with van der Waals surface area (Å²) < 4.78 is 0. The zero-order chi connectivity index (χ0) is 14.4. The summed E-state index contributed by atoms with van der Waals surface area (Å²) >= 11 is 0. The van der Waals surface area contributed by atoms with Crippen molar-refractivity contribution in [3.63, 3.8) is 0 Å². The zero-order valence-corrected chi connectivity index (χ0v) is 13.5. The van der Waals surface area contributed by atoms with Gasteiger partial charge in [0.2, 0.25) is 0 Å². The largest absolute Gasteiger partial charge is 0.317 e. The van der Waals surface area contributed by atoms with Crippen LogP contribution in [0.25, 0.3) is 0 Å². The van der Waals surface area contributed by atoms with E-state index in [2.05, 4.69) is 44.4 Å². The standard InChI is InChI=1S/C19H31N/c1-15-10-16(2)12-18(11-15)14-19(20-3)13-17-8-6-4-5-7-9-17/h10-12,17,19-20H,4-9,13-14H2,1-3H3. The Labute approximate surface area is 125 Å². The molecule has 2 rings (SSSR count). The van der Waals surface area contributed by atoms with Gasteiger partial charge >= 0.3 is 0 Å². The number of likely N-dealkylation sites (N-methyl/N-ethyl adjacent to an activating group) is 1. The second kappa shape index (κ2) is 7.83. The van der Waals surface area contributed by atoms with Crippen molar-refractivity contribution in [2.45, 2.75) is 71.3 Å². The van der Waals surface area contributed by atoms with Crippen LogP contribution in [-0.4, -0.2) is 13.1 Å². The fraction of sp³-hybridized carbons (Fsp3) is 0.684. The van der Waals surface area contributed by atoms with Crippen molar-refractivity contribution in [2.24, 2.45) is 5.92 Å². The zero-order valence-electron chi connectivity index (χ0n) is 13.5. The topological polar surface area (TPSA) is 12.0 Å². The molecule has 1 heteroatoms. The van der Waals surface area contributed by atoms with E-state index in [1.807, 2.05) is 0 Å². The predicted molar refractivity (Wildman–Crippen MR) is 88.3 cm³/mol. The lowest BCUT2D eigenvalue weighted by atomic mass is 9.89. The molecule has 1 aromatic rings. The van der Waals surface area contributed by atoms with Crippen molar-refractivity contribution in [3.8, 4) is 0 Å². The molecule has 0 heterocycles. The fourth-order valence-electron chi connectivity index (χ4n) is 3.78. The van der Waals surface area contributed by atoms with Crippen molar-refractivity contribution in [2.75, 3.05) is 7.05 Å². The lowest BCUT2D eigenvalue weighted by Crippen LogP contribution is -2.30. The van der Waals surface area contributed by atoms with E-state index < -0.39 is 0 Å². The second-order valence-electron chi connectivity index (χ2n) is 6.78. The fourth-order valence-corrected chi connectivity index (χ4v) is 3.78. The molecule has 0 spiro atoms. The molecule has 112 valence electrons. The molecular formula is C19H31N. The van der Waals surface area contributed by atoms with Crippen LogP contribution < -0.4 is 5.32 Å². The minimum Gasteiger partial charge on any atom is -0.317 e. The summed E-state index contributed by atoms with van der Waals surface area (Å²) in [6.45, 7) is 4.41. The van der Waals surface area contributed by atoms with Crippen LogP contribution in [0.1, 0.15) is 61.6 Å². The molecule has 1 N–H and O–H groups in total. The maximum absolute atomic E-state index is 3.56. The van der Waals surface area contributed by atoms with Crippen molar-refractivity contribution in [1.82, 2.24) is 5.32 Å². The quantitative estimate of drug-likeness (QED) is 0.760. The first-order valence-electron chi connectivity index (χ1n) is 8.42. The number of hydrogen-bond donors (Lipinski definition) is 1.